The first kappa shape index (κ1) is 17.0. The molecule has 2 rings (SSSR count). The van der Waals surface area contributed by atoms with Crippen LogP contribution in [0.3, 0.4) is 0 Å². The third kappa shape index (κ3) is 3.52. The van der Waals surface area contributed by atoms with E-state index in [1.54, 1.807) is 6.07 Å². The van der Waals surface area contributed by atoms with Gasteiger partial charge in [0.15, 0.2) is 0 Å². The summed E-state index contributed by atoms with van der Waals surface area (Å²) < 4.78 is 6.81. The number of hydrogen-bond acceptors (Lipinski definition) is 4. The number of aromatic carboxylic acids is 1. The Morgan fingerprint density at radius 2 is 2.08 bits per heavy atom. The number of ether oxygens (including phenoxy) is 1. The predicted octanol–water partition coefficient (Wildman–Crippen LogP) is 2.61. The van der Waals surface area contributed by atoms with Gasteiger partial charge < -0.3 is 14.9 Å². The largest absolute Gasteiger partial charge is 0.503 e. The average molecular weight is 329 g/mol. The van der Waals surface area contributed by atoms with Crippen molar-refractivity contribution < 1.29 is 24.5 Å². The van der Waals surface area contributed by atoms with Crippen molar-refractivity contribution in [3.8, 4) is 11.4 Å². The van der Waals surface area contributed by atoms with Crippen molar-refractivity contribution in [3.63, 3.8) is 0 Å². The molecule has 1 aromatic carbocycles. The lowest BCUT2D eigenvalue weighted by Crippen LogP contribution is -2.30. The van der Waals surface area contributed by atoms with Gasteiger partial charge in [0.25, 0.3) is 0 Å². The number of rotatable bonds is 6. The Kier molecular flexibility index (Phi) is 4.55. The number of carboxylic acid groups (broad SMARTS) is 2. The predicted molar refractivity (Wildman–Crippen MR) is 83.7 cm³/mol. The molecule has 2 N–H and O–H groups in total. The van der Waals surface area contributed by atoms with Gasteiger partial charge in [-0.2, -0.15) is 5.10 Å². The highest BCUT2D eigenvalue weighted by atomic mass is 16.5. The van der Waals surface area contributed by atoms with Gasteiger partial charge in [-0.1, -0.05) is 0 Å². The Hall–Kier alpha value is -3.34. The normalized spacial score (nSPS) is 10.9. The number of aliphatic carboxylic acids is 1. The van der Waals surface area contributed by atoms with E-state index in [2.05, 4.69) is 9.94 Å². The van der Waals surface area contributed by atoms with Crippen LogP contribution in [0, 0.1) is 12.0 Å². The summed E-state index contributed by atoms with van der Waals surface area (Å²) in [5, 5.41) is 21.9. The topological polar surface area (TPSA) is 106 Å². The van der Waals surface area contributed by atoms with Gasteiger partial charge in [0.05, 0.1) is 29.4 Å². The monoisotopic (exact) mass is 329 g/mol. The lowest BCUT2D eigenvalue weighted by molar-refractivity contribution is -0.148. The molecular weight excluding hydrogens is 314 g/mol. The Morgan fingerprint density at radius 1 is 1.38 bits per heavy atom. The van der Waals surface area contributed by atoms with Crippen LogP contribution in [-0.2, 0) is 4.79 Å². The molecule has 0 fully saturated rings. The summed E-state index contributed by atoms with van der Waals surface area (Å²) in [6.07, 6.45) is 2.54. The zero-order chi connectivity index (χ0) is 17.9. The maximum absolute atomic E-state index is 11.1. The minimum atomic E-state index is -1.09. The van der Waals surface area contributed by atoms with E-state index in [0.717, 1.165) is 0 Å². The molecule has 0 saturated carbocycles. The van der Waals surface area contributed by atoms with E-state index in [1.165, 1.54) is 43.1 Å². The van der Waals surface area contributed by atoms with Crippen LogP contribution in [0.25, 0.3) is 10.5 Å². The average Bonchev–Trinajstić information content (AvgIpc) is 3.03. The maximum Gasteiger partial charge on any atom is 0.338 e. The zero-order valence-electron chi connectivity index (χ0n) is 13.1. The quantitative estimate of drug-likeness (QED) is 0.789. The number of benzene rings is 1. The first-order valence-corrected chi connectivity index (χ1v) is 6.90. The van der Waals surface area contributed by atoms with Crippen molar-refractivity contribution in [2.75, 3.05) is 6.61 Å². The molecule has 24 heavy (non-hydrogen) atoms. The van der Waals surface area contributed by atoms with E-state index < -0.39 is 17.4 Å². The summed E-state index contributed by atoms with van der Waals surface area (Å²) >= 11 is 0. The third-order valence-corrected chi connectivity index (χ3v) is 3.32. The van der Waals surface area contributed by atoms with Crippen molar-refractivity contribution in [1.82, 2.24) is 9.78 Å². The fourth-order valence-electron chi connectivity index (χ4n) is 1.75. The molecule has 0 atom stereocenters. The van der Waals surface area contributed by atoms with Gasteiger partial charge in [0.2, 0.25) is 5.69 Å². The van der Waals surface area contributed by atoms with Gasteiger partial charge in [0.1, 0.15) is 12.4 Å². The molecule has 0 aliphatic carbocycles. The molecule has 0 amide bonds. The first-order chi connectivity index (χ1) is 11.2. The lowest BCUT2D eigenvalue weighted by atomic mass is 9.95. The van der Waals surface area contributed by atoms with Gasteiger partial charge in [-0.25, -0.2) is 14.3 Å². The number of aromatic nitrogens is 2. The van der Waals surface area contributed by atoms with E-state index in [0.29, 0.717) is 5.69 Å². The molecule has 1 aromatic heterocycles. The molecule has 0 radical (unpaired) electrons. The summed E-state index contributed by atoms with van der Waals surface area (Å²) in [6, 6.07) is 4.63. The Bertz CT molecular complexity index is 832. The van der Waals surface area contributed by atoms with E-state index in [1.807, 2.05) is 0 Å². The molecule has 0 aliphatic rings. The third-order valence-electron chi connectivity index (χ3n) is 3.32. The molecule has 124 valence electrons. The summed E-state index contributed by atoms with van der Waals surface area (Å²) in [4.78, 5) is 25.3. The second kappa shape index (κ2) is 6.42. The highest BCUT2D eigenvalue weighted by Crippen LogP contribution is 2.31. The summed E-state index contributed by atoms with van der Waals surface area (Å²) in [6.45, 7) is 10.2. The van der Waals surface area contributed by atoms with Crippen LogP contribution in [0.2, 0.25) is 0 Å². The molecule has 0 aliphatic heterocycles. The smallest absolute Gasteiger partial charge is 0.338 e. The molecule has 1 heterocycles. The molecule has 8 heteroatoms. The van der Waals surface area contributed by atoms with Crippen LogP contribution in [0.1, 0.15) is 24.2 Å². The second-order valence-corrected chi connectivity index (χ2v) is 5.72. The van der Waals surface area contributed by atoms with Crippen molar-refractivity contribution in [2.24, 2.45) is 5.41 Å². The first-order valence-electron chi connectivity index (χ1n) is 6.90. The van der Waals surface area contributed by atoms with Crippen molar-refractivity contribution in [2.45, 2.75) is 13.8 Å². The number of carbonyl (C=O) groups is 2. The van der Waals surface area contributed by atoms with Gasteiger partial charge >= 0.3 is 11.9 Å². The Morgan fingerprint density at radius 3 is 2.62 bits per heavy atom. The molecular formula is C16H15N3O5. The highest BCUT2D eigenvalue weighted by Gasteiger charge is 2.28. The Labute approximate surface area is 137 Å². The van der Waals surface area contributed by atoms with Crippen LogP contribution < -0.4 is 4.74 Å². The van der Waals surface area contributed by atoms with Crippen LogP contribution >= 0.6 is 0 Å². The molecule has 0 bridgehead atoms. The Balaban J connectivity index is 2.26. The van der Waals surface area contributed by atoms with E-state index in [4.69, 9.17) is 21.5 Å². The van der Waals surface area contributed by atoms with E-state index >= 15 is 0 Å². The van der Waals surface area contributed by atoms with Crippen LogP contribution in [0.5, 0.6) is 5.75 Å². The summed E-state index contributed by atoms with van der Waals surface area (Å²) in [5.74, 6) is -1.84. The molecule has 2 aromatic rings. The second-order valence-electron chi connectivity index (χ2n) is 5.72. The van der Waals surface area contributed by atoms with Crippen LogP contribution in [-0.4, -0.2) is 38.5 Å². The van der Waals surface area contributed by atoms with E-state index in [9.17, 15) is 9.59 Å². The zero-order valence-corrected chi connectivity index (χ0v) is 13.1. The number of nitrogens with zero attached hydrogens (tertiary/aromatic N) is 3. The van der Waals surface area contributed by atoms with Gasteiger partial charge in [-0.15, -0.1) is 0 Å². The molecule has 0 saturated heterocycles. The molecule has 0 spiro atoms. The van der Waals surface area contributed by atoms with Crippen LogP contribution in [0.4, 0.5) is 5.69 Å². The minimum Gasteiger partial charge on any atom is -0.503 e. The number of carboxylic acids is 2. The van der Waals surface area contributed by atoms with Gasteiger partial charge in [-0.3, -0.25) is 4.79 Å². The lowest BCUT2D eigenvalue weighted by Gasteiger charge is -2.20. The van der Waals surface area contributed by atoms with Gasteiger partial charge in [0, 0.05) is 6.20 Å². The van der Waals surface area contributed by atoms with Gasteiger partial charge in [-0.05, 0) is 32.0 Å². The van der Waals surface area contributed by atoms with E-state index in [-0.39, 0.29) is 23.6 Å². The number of hydrogen-bond donors (Lipinski definition) is 2. The van der Waals surface area contributed by atoms with Crippen molar-refractivity contribution in [1.29, 1.82) is 0 Å². The molecule has 8 nitrogen and oxygen atoms in total. The highest BCUT2D eigenvalue weighted by molar-refractivity contribution is 5.87. The maximum atomic E-state index is 11.1. The fraction of sp³-hybridized carbons (Fsp3) is 0.250. The SMILES string of the molecule is [C-]#[N+]c1cc(-n2cc(C(=O)O)cn2)ccc1OCC(C)(C)C(=O)O. The summed E-state index contributed by atoms with van der Waals surface area (Å²) in [5.41, 5.74) is -0.376. The summed E-state index contributed by atoms with van der Waals surface area (Å²) in [7, 11) is 0. The fourth-order valence-corrected chi connectivity index (χ4v) is 1.75. The van der Waals surface area contributed by atoms with Crippen molar-refractivity contribution >= 4 is 17.6 Å². The van der Waals surface area contributed by atoms with Crippen molar-refractivity contribution in [3.05, 3.63) is 47.6 Å². The standard InChI is InChI=1S/C16H15N3O5/c1-16(2,15(22)23)9-24-13-5-4-11(6-12(13)17-3)19-8-10(7-18-19)14(20)21/h4-8H,9H2,1-2H3,(H,20,21)(H,22,23). The van der Waals surface area contributed by atoms with Crippen LogP contribution in [0.15, 0.2) is 30.6 Å². The molecule has 0 unspecified atom stereocenters. The minimum absolute atomic E-state index is 0.0305.